The van der Waals surface area contributed by atoms with Gasteiger partial charge in [0.25, 0.3) is 0 Å². The molecule has 0 aliphatic heterocycles. The van der Waals surface area contributed by atoms with E-state index >= 15 is 0 Å². The number of hydrogen-bond acceptors (Lipinski definition) is 3. The maximum absolute atomic E-state index is 12.0. The van der Waals surface area contributed by atoms with Gasteiger partial charge in [0.1, 0.15) is 5.75 Å². The minimum absolute atomic E-state index is 0.0190. The van der Waals surface area contributed by atoms with Gasteiger partial charge in [-0.3, -0.25) is 11.3 Å². The van der Waals surface area contributed by atoms with Crippen molar-refractivity contribution in [3.05, 3.63) is 29.8 Å². The SMILES string of the molecule is CCCC(C)C(NN)c1ccc(OC(F)F)cc1. The second-order valence-corrected chi connectivity index (χ2v) is 4.36. The number of benzene rings is 1. The summed E-state index contributed by atoms with van der Waals surface area (Å²) in [5, 5.41) is 0. The average molecular weight is 258 g/mol. The van der Waals surface area contributed by atoms with Crippen LogP contribution in [0.25, 0.3) is 0 Å². The van der Waals surface area contributed by atoms with Gasteiger partial charge in [-0.25, -0.2) is 0 Å². The summed E-state index contributed by atoms with van der Waals surface area (Å²) < 4.78 is 28.3. The molecule has 0 aliphatic carbocycles. The van der Waals surface area contributed by atoms with Crippen molar-refractivity contribution in [2.45, 2.75) is 39.3 Å². The van der Waals surface area contributed by atoms with Crippen LogP contribution in [-0.2, 0) is 0 Å². The monoisotopic (exact) mass is 258 g/mol. The van der Waals surface area contributed by atoms with Gasteiger partial charge >= 0.3 is 6.61 Å². The summed E-state index contributed by atoms with van der Waals surface area (Å²) in [5.74, 6) is 6.09. The molecule has 0 fully saturated rings. The Morgan fingerprint density at radius 3 is 2.33 bits per heavy atom. The zero-order valence-electron chi connectivity index (χ0n) is 10.7. The van der Waals surface area contributed by atoms with E-state index in [-0.39, 0.29) is 11.8 Å². The third-order valence-electron chi connectivity index (χ3n) is 2.96. The Hall–Kier alpha value is -1.20. The van der Waals surface area contributed by atoms with Crippen LogP contribution < -0.4 is 16.0 Å². The van der Waals surface area contributed by atoms with E-state index in [9.17, 15) is 8.78 Å². The molecule has 0 heterocycles. The minimum atomic E-state index is -2.79. The van der Waals surface area contributed by atoms with Crippen LogP contribution in [0.15, 0.2) is 24.3 Å². The fourth-order valence-electron chi connectivity index (χ4n) is 2.07. The maximum Gasteiger partial charge on any atom is 0.387 e. The molecular formula is C13H20F2N2O. The third-order valence-corrected chi connectivity index (χ3v) is 2.96. The molecule has 1 rings (SSSR count). The number of nitrogens with one attached hydrogen (secondary N) is 1. The van der Waals surface area contributed by atoms with Gasteiger partial charge in [-0.15, -0.1) is 0 Å². The van der Waals surface area contributed by atoms with E-state index in [1.165, 1.54) is 12.1 Å². The molecular weight excluding hydrogens is 238 g/mol. The molecule has 0 amide bonds. The fraction of sp³-hybridized carbons (Fsp3) is 0.538. The van der Waals surface area contributed by atoms with E-state index in [1.54, 1.807) is 12.1 Å². The summed E-state index contributed by atoms with van der Waals surface area (Å²) in [6, 6.07) is 6.60. The summed E-state index contributed by atoms with van der Waals surface area (Å²) in [5.41, 5.74) is 3.75. The van der Waals surface area contributed by atoms with E-state index in [4.69, 9.17) is 5.84 Å². The highest BCUT2D eigenvalue weighted by atomic mass is 19.3. The normalized spacial score (nSPS) is 14.6. The number of alkyl halides is 2. The van der Waals surface area contributed by atoms with Crippen LogP contribution in [0.2, 0.25) is 0 Å². The number of ether oxygens (including phenoxy) is 1. The first-order valence-corrected chi connectivity index (χ1v) is 6.09. The topological polar surface area (TPSA) is 47.3 Å². The largest absolute Gasteiger partial charge is 0.435 e. The van der Waals surface area contributed by atoms with E-state index < -0.39 is 6.61 Å². The van der Waals surface area contributed by atoms with Gasteiger partial charge in [-0.1, -0.05) is 32.4 Å². The van der Waals surface area contributed by atoms with Crippen molar-refractivity contribution in [1.82, 2.24) is 5.43 Å². The average Bonchev–Trinajstić information content (AvgIpc) is 2.32. The first-order valence-electron chi connectivity index (χ1n) is 6.09. The lowest BCUT2D eigenvalue weighted by atomic mass is 9.91. The standard InChI is InChI=1S/C13H20F2N2O/c1-3-4-9(2)12(17-16)10-5-7-11(8-6-10)18-13(14)15/h5-9,12-13,17H,3-4,16H2,1-2H3. The highest BCUT2D eigenvalue weighted by molar-refractivity contribution is 5.29. The van der Waals surface area contributed by atoms with E-state index in [0.717, 1.165) is 18.4 Å². The van der Waals surface area contributed by atoms with Crippen LogP contribution in [0.4, 0.5) is 8.78 Å². The lowest BCUT2D eigenvalue weighted by Gasteiger charge is -2.23. The first kappa shape index (κ1) is 14.9. The van der Waals surface area contributed by atoms with E-state index in [2.05, 4.69) is 24.0 Å². The lowest BCUT2D eigenvalue weighted by Crippen LogP contribution is -2.32. The Bertz CT molecular complexity index is 343. The van der Waals surface area contributed by atoms with Crippen LogP contribution in [0, 0.1) is 5.92 Å². The molecule has 0 aliphatic rings. The smallest absolute Gasteiger partial charge is 0.387 e. The van der Waals surface area contributed by atoms with Crippen molar-refractivity contribution in [3.63, 3.8) is 0 Å². The van der Waals surface area contributed by atoms with Crippen LogP contribution >= 0.6 is 0 Å². The van der Waals surface area contributed by atoms with Gasteiger partial charge in [0.2, 0.25) is 0 Å². The number of halogens is 2. The van der Waals surface area contributed by atoms with Gasteiger partial charge in [-0.05, 0) is 30.0 Å². The molecule has 2 unspecified atom stereocenters. The second-order valence-electron chi connectivity index (χ2n) is 4.36. The second kappa shape index (κ2) is 7.28. The van der Waals surface area contributed by atoms with Gasteiger partial charge in [-0.2, -0.15) is 8.78 Å². The van der Waals surface area contributed by atoms with Crippen molar-refractivity contribution in [2.75, 3.05) is 0 Å². The van der Waals surface area contributed by atoms with Crippen LogP contribution in [-0.4, -0.2) is 6.61 Å². The molecule has 3 nitrogen and oxygen atoms in total. The Morgan fingerprint density at radius 1 is 1.28 bits per heavy atom. The fourth-order valence-corrected chi connectivity index (χ4v) is 2.07. The van der Waals surface area contributed by atoms with Crippen LogP contribution in [0.1, 0.15) is 38.3 Å². The van der Waals surface area contributed by atoms with Crippen molar-refractivity contribution in [3.8, 4) is 5.75 Å². The van der Waals surface area contributed by atoms with Crippen molar-refractivity contribution in [2.24, 2.45) is 11.8 Å². The van der Waals surface area contributed by atoms with Gasteiger partial charge in [0.15, 0.2) is 0 Å². The van der Waals surface area contributed by atoms with E-state index in [0.29, 0.717) is 5.92 Å². The molecule has 5 heteroatoms. The Balaban J connectivity index is 2.75. The highest BCUT2D eigenvalue weighted by Crippen LogP contribution is 2.26. The van der Waals surface area contributed by atoms with E-state index in [1.807, 2.05) is 0 Å². The van der Waals surface area contributed by atoms with Crippen molar-refractivity contribution >= 4 is 0 Å². The van der Waals surface area contributed by atoms with Crippen molar-refractivity contribution < 1.29 is 13.5 Å². The number of hydrogen-bond donors (Lipinski definition) is 2. The quantitative estimate of drug-likeness (QED) is 0.583. The minimum Gasteiger partial charge on any atom is -0.435 e. The molecule has 18 heavy (non-hydrogen) atoms. The van der Waals surface area contributed by atoms with Crippen LogP contribution in [0.3, 0.4) is 0 Å². The van der Waals surface area contributed by atoms with Gasteiger partial charge < -0.3 is 4.74 Å². The summed E-state index contributed by atoms with van der Waals surface area (Å²) in [7, 11) is 0. The molecule has 3 N–H and O–H groups in total. The summed E-state index contributed by atoms with van der Waals surface area (Å²) >= 11 is 0. The molecule has 2 atom stereocenters. The number of rotatable bonds is 7. The zero-order valence-corrected chi connectivity index (χ0v) is 10.7. The molecule has 0 saturated carbocycles. The predicted molar refractivity (Wildman–Crippen MR) is 67.2 cm³/mol. The predicted octanol–water partition coefficient (Wildman–Crippen LogP) is 3.23. The molecule has 0 aromatic heterocycles. The molecule has 1 aromatic rings. The molecule has 0 radical (unpaired) electrons. The Labute approximate surface area is 106 Å². The molecule has 0 bridgehead atoms. The van der Waals surface area contributed by atoms with Crippen LogP contribution in [0.5, 0.6) is 5.75 Å². The number of nitrogens with two attached hydrogens (primary N) is 1. The molecule has 102 valence electrons. The first-order chi connectivity index (χ1) is 8.58. The lowest BCUT2D eigenvalue weighted by molar-refractivity contribution is -0.0498. The summed E-state index contributed by atoms with van der Waals surface area (Å²) in [4.78, 5) is 0. The highest BCUT2D eigenvalue weighted by Gasteiger charge is 2.17. The van der Waals surface area contributed by atoms with Crippen molar-refractivity contribution in [1.29, 1.82) is 0 Å². The van der Waals surface area contributed by atoms with Gasteiger partial charge in [0.05, 0.1) is 0 Å². The Kier molecular flexibility index (Phi) is 6.01. The summed E-state index contributed by atoms with van der Waals surface area (Å²) in [6.45, 7) is 1.43. The maximum atomic E-state index is 12.0. The molecule has 0 saturated heterocycles. The molecule has 0 spiro atoms. The number of hydrazine groups is 1. The summed E-state index contributed by atoms with van der Waals surface area (Å²) in [6.07, 6.45) is 2.12. The zero-order chi connectivity index (χ0) is 13.5. The van der Waals surface area contributed by atoms with Gasteiger partial charge in [0, 0.05) is 6.04 Å². The third kappa shape index (κ3) is 4.23. The molecule has 1 aromatic carbocycles. The Morgan fingerprint density at radius 2 is 1.89 bits per heavy atom.